The number of sulfonamides is 1. The van der Waals surface area contributed by atoms with Crippen molar-refractivity contribution in [2.24, 2.45) is 0 Å². The van der Waals surface area contributed by atoms with Crippen LogP contribution in [0.2, 0.25) is 0 Å². The molecule has 0 atom stereocenters. The minimum absolute atomic E-state index is 0.328. The highest BCUT2D eigenvalue weighted by Gasteiger charge is 2.20. The van der Waals surface area contributed by atoms with Gasteiger partial charge in [0.1, 0.15) is 5.01 Å². The summed E-state index contributed by atoms with van der Waals surface area (Å²) in [6.45, 7) is 8.83. The van der Waals surface area contributed by atoms with E-state index in [9.17, 15) is 8.42 Å². The SMILES string of the molecule is CCN(CC)S(=O)(=O)c1ccc(/C=C/c2nc3cc(C)c(C)cc3s2)cc1. The van der Waals surface area contributed by atoms with E-state index in [4.69, 9.17) is 0 Å². The van der Waals surface area contributed by atoms with Crippen molar-refractivity contribution in [3.63, 3.8) is 0 Å². The standard InChI is InChI=1S/C21H24N2O2S2/c1-5-23(6-2)27(24,25)18-10-7-17(8-11-18)9-12-21-22-19-13-15(3)16(4)14-20(19)26-21/h7-14H,5-6H2,1-4H3/b12-9+. The van der Waals surface area contributed by atoms with Crippen molar-refractivity contribution in [3.8, 4) is 0 Å². The van der Waals surface area contributed by atoms with Crippen molar-refractivity contribution in [2.75, 3.05) is 13.1 Å². The Bertz CT molecular complexity index is 1040. The molecular formula is C21H24N2O2S2. The number of hydrogen-bond donors (Lipinski definition) is 0. The van der Waals surface area contributed by atoms with Gasteiger partial charge in [-0.1, -0.05) is 32.1 Å². The maximum atomic E-state index is 12.5. The smallest absolute Gasteiger partial charge is 0.237 e. The molecule has 0 bridgehead atoms. The second kappa shape index (κ2) is 7.92. The Morgan fingerprint density at radius 3 is 2.26 bits per heavy atom. The molecule has 0 radical (unpaired) electrons. The zero-order valence-electron chi connectivity index (χ0n) is 16.1. The first-order valence-corrected chi connectivity index (χ1v) is 11.3. The highest BCUT2D eigenvalue weighted by atomic mass is 32.2. The molecule has 0 spiro atoms. The number of aromatic nitrogens is 1. The molecule has 0 aliphatic carbocycles. The van der Waals surface area contributed by atoms with Crippen LogP contribution in [0.25, 0.3) is 22.4 Å². The molecule has 2 aromatic carbocycles. The molecule has 0 saturated heterocycles. The minimum Gasteiger partial charge on any atom is -0.237 e. The van der Waals surface area contributed by atoms with E-state index in [1.165, 1.54) is 20.1 Å². The average molecular weight is 401 g/mol. The Balaban J connectivity index is 1.82. The van der Waals surface area contributed by atoms with Crippen LogP contribution in [0.3, 0.4) is 0 Å². The van der Waals surface area contributed by atoms with E-state index >= 15 is 0 Å². The van der Waals surface area contributed by atoms with Gasteiger partial charge < -0.3 is 0 Å². The molecular weight excluding hydrogens is 376 g/mol. The Hall–Kier alpha value is -2.02. The second-order valence-electron chi connectivity index (χ2n) is 6.45. The third kappa shape index (κ3) is 4.13. The Morgan fingerprint density at radius 1 is 1.00 bits per heavy atom. The van der Waals surface area contributed by atoms with Gasteiger partial charge in [-0.15, -0.1) is 11.3 Å². The van der Waals surface area contributed by atoms with Crippen LogP contribution in [-0.2, 0) is 10.0 Å². The zero-order valence-corrected chi connectivity index (χ0v) is 17.7. The maximum absolute atomic E-state index is 12.5. The third-order valence-electron chi connectivity index (χ3n) is 4.66. The first-order valence-electron chi connectivity index (χ1n) is 9.01. The zero-order chi connectivity index (χ0) is 19.6. The normalized spacial score (nSPS) is 12.5. The number of hydrogen-bond acceptors (Lipinski definition) is 4. The van der Waals surface area contributed by atoms with Crippen LogP contribution in [0.4, 0.5) is 0 Å². The van der Waals surface area contributed by atoms with Crippen molar-refractivity contribution >= 4 is 43.7 Å². The van der Waals surface area contributed by atoms with Crippen LogP contribution in [0.5, 0.6) is 0 Å². The van der Waals surface area contributed by atoms with Gasteiger partial charge in [-0.25, -0.2) is 13.4 Å². The summed E-state index contributed by atoms with van der Waals surface area (Å²) in [6.07, 6.45) is 3.94. The molecule has 27 heavy (non-hydrogen) atoms. The van der Waals surface area contributed by atoms with Crippen molar-refractivity contribution in [3.05, 3.63) is 58.1 Å². The van der Waals surface area contributed by atoms with Gasteiger partial charge >= 0.3 is 0 Å². The summed E-state index contributed by atoms with van der Waals surface area (Å²) < 4.78 is 27.7. The third-order valence-corrected chi connectivity index (χ3v) is 7.71. The van der Waals surface area contributed by atoms with Gasteiger partial charge in [0.15, 0.2) is 0 Å². The number of aryl methyl sites for hydroxylation is 2. The van der Waals surface area contributed by atoms with E-state index < -0.39 is 10.0 Å². The topological polar surface area (TPSA) is 50.3 Å². The first-order chi connectivity index (χ1) is 12.8. The van der Waals surface area contributed by atoms with Gasteiger partial charge in [0, 0.05) is 13.1 Å². The molecule has 3 rings (SSSR count). The molecule has 0 saturated carbocycles. The van der Waals surface area contributed by atoms with Gasteiger partial charge in [-0.2, -0.15) is 4.31 Å². The number of benzene rings is 2. The van der Waals surface area contributed by atoms with Crippen LogP contribution in [0.1, 0.15) is 35.5 Å². The number of rotatable bonds is 6. The molecule has 4 nitrogen and oxygen atoms in total. The molecule has 1 heterocycles. The second-order valence-corrected chi connectivity index (χ2v) is 9.45. The van der Waals surface area contributed by atoms with Crippen LogP contribution in [-0.4, -0.2) is 30.8 Å². The van der Waals surface area contributed by atoms with E-state index in [0.29, 0.717) is 18.0 Å². The molecule has 0 aliphatic rings. The molecule has 3 aromatic rings. The number of thiazole rings is 1. The molecule has 6 heteroatoms. The van der Waals surface area contributed by atoms with Gasteiger partial charge in [-0.05, 0) is 60.9 Å². The molecule has 1 aromatic heterocycles. The molecule has 0 amide bonds. The summed E-state index contributed by atoms with van der Waals surface area (Å²) in [7, 11) is -3.41. The fraction of sp³-hybridized carbons (Fsp3) is 0.286. The van der Waals surface area contributed by atoms with Crippen molar-refractivity contribution < 1.29 is 8.42 Å². The molecule has 0 unspecified atom stereocenters. The number of nitrogens with zero attached hydrogens (tertiary/aromatic N) is 2. The predicted molar refractivity (Wildman–Crippen MR) is 115 cm³/mol. The van der Waals surface area contributed by atoms with E-state index in [1.807, 2.05) is 38.1 Å². The van der Waals surface area contributed by atoms with Crippen LogP contribution in [0.15, 0.2) is 41.3 Å². The van der Waals surface area contributed by atoms with Crippen LogP contribution in [0, 0.1) is 13.8 Å². The summed E-state index contributed by atoms with van der Waals surface area (Å²) in [5.74, 6) is 0. The van der Waals surface area contributed by atoms with E-state index in [2.05, 4.69) is 31.0 Å². The van der Waals surface area contributed by atoms with Crippen molar-refractivity contribution in [1.29, 1.82) is 0 Å². The molecule has 0 N–H and O–H groups in total. The van der Waals surface area contributed by atoms with Gasteiger partial charge in [0.2, 0.25) is 10.0 Å². The molecule has 0 fully saturated rings. The summed E-state index contributed by atoms with van der Waals surface area (Å²) >= 11 is 1.66. The molecule has 142 valence electrons. The Kier molecular flexibility index (Phi) is 5.79. The van der Waals surface area contributed by atoms with Crippen LogP contribution >= 0.6 is 11.3 Å². The summed E-state index contributed by atoms with van der Waals surface area (Å²) in [6, 6.07) is 11.3. The Morgan fingerprint density at radius 2 is 1.63 bits per heavy atom. The summed E-state index contributed by atoms with van der Waals surface area (Å²) in [5, 5.41) is 0.940. The van der Waals surface area contributed by atoms with Gasteiger partial charge in [0.25, 0.3) is 0 Å². The van der Waals surface area contributed by atoms with E-state index in [1.54, 1.807) is 23.5 Å². The lowest BCUT2D eigenvalue weighted by Crippen LogP contribution is -2.30. The van der Waals surface area contributed by atoms with Gasteiger partial charge in [0.05, 0.1) is 15.1 Å². The van der Waals surface area contributed by atoms with Crippen molar-refractivity contribution in [1.82, 2.24) is 9.29 Å². The quantitative estimate of drug-likeness (QED) is 0.577. The summed E-state index contributed by atoms with van der Waals surface area (Å²) in [5.41, 5.74) is 4.48. The molecule has 0 aliphatic heterocycles. The van der Waals surface area contributed by atoms with E-state index in [0.717, 1.165) is 16.1 Å². The lowest BCUT2D eigenvalue weighted by atomic mass is 10.1. The first kappa shape index (κ1) is 19.7. The maximum Gasteiger partial charge on any atom is 0.243 e. The monoisotopic (exact) mass is 400 g/mol. The van der Waals surface area contributed by atoms with Crippen LogP contribution < -0.4 is 0 Å². The van der Waals surface area contributed by atoms with E-state index in [-0.39, 0.29) is 0 Å². The largest absolute Gasteiger partial charge is 0.243 e. The average Bonchev–Trinajstić information content (AvgIpc) is 3.03. The minimum atomic E-state index is -3.41. The lowest BCUT2D eigenvalue weighted by Gasteiger charge is -2.18. The highest BCUT2D eigenvalue weighted by Crippen LogP contribution is 2.26. The van der Waals surface area contributed by atoms with Crippen molar-refractivity contribution in [2.45, 2.75) is 32.6 Å². The predicted octanol–water partition coefficient (Wildman–Crippen LogP) is 5.11. The van der Waals surface area contributed by atoms with Gasteiger partial charge in [-0.3, -0.25) is 0 Å². The highest BCUT2D eigenvalue weighted by molar-refractivity contribution is 7.89. The fourth-order valence-corrected chi connectivity index (χ4v) is 5.31. The lowest BCUT2D eigenvalue weighted by molar-refractivity contribution is 0.445. The summed E-state index contributed by atoms with van der Waals surface area (Å²) in [4.78, 5) is 4.99. The Labute approximate surface area is 165 Å². The number of fused-ring (bicyclic) bond motifs is 1. The fourth-order valence-electron chi connectivity index (χ4n) is 2.90.